The smallest absolute Gasteiger partial charge is 0.253 e. The Morgan fingerprint density at radius 1 is 1.00 bits per heavy atom. The molecule has 0 bridgehead atoms. The Kier molecular flexibility index (Phi) is 3.83. The van der Waals surface area contributed by atoms with Gasteiger partial charge in [0.2, 0.25) is 0 Å². The number of nitrogens with zero attached hydrogens (tertiary/aromatic N) is 2. The molecule has 0 saturated carbocycles. The van der Waals surface area contributed by atoms with Gasteiger partial charge in [0.05, 0.1) is 12.8 Å². The van der Waals surface area contributed by atoms with Gasteiger partial charge in [-0.15, -0.1) is 0 Å². The van der Waals surface area contributed by atoms with Gasteiger partial charge in [0.25, 0.3) is 5.91 Å². The number of hydrogen-bond donors (Lipinski definition) is 0. The van der Waals surface area contributed by atoms with E-state index in [0.717, 1.165) is 44.0 Å². The van der Waals surface area contributed by atoms with Crippen molar-refractivity contribution in [3.8, 4) is 0 Å². The van der Waals surface area contributed by atoms with Gasteiger partial charge in [0, 0.05) is 31.7 Å². The molecule has 104 valence electrons. The summed E-state index contributed by atoms with van der Waals surface area (Å²) in [6.07, 6.45) is 1.70. The summed E-state index contributed by atoms with van der Waals surface area (Å²) in [5.74, 6) is 1.11. The summed E-state index contributed by atoms with van der Waals surface area (Å²) in [5.41, 5.74) is 0.770. The van der Waals surface area contributed by atoms with Crippen LogP contribution >= 0.6 is 0 Å². The van der Waals surface area contributed by atoms with Gasteiger partial charge in [-0.2, -0.15) is 0 Å². The maximum Gasteiger partial charge on any atom is 0.253 e. The summed E-state index contributed by atoms with van der Waals surface area (Å²) in [5, 5.41) is 0. The molecule has 4 heteroatoms. The largest absolute Gasteiger partial charge is 0.468 e. The van der Waals surface area contributed by atoms with Crippen molar-refractivity contribution in [3.05, 3.63) is 60.1 Å². The second kappa shape index (κ2) is 5.92. The minimum Gasteiger partial charge on any atom is -0.468 e. The molecule has 2 heterocycles. The van der Waals surface area contributed by atoms with Gasteiger partial charge in [0.1, 0.15) is 5.76 Å². The maximum absolute atomic E-state index is 12.3. The van der Waals surface area contributed by atoms with E-state index in [1.54, 1.807) is 6.26 Å². The first-order valence-electron chi connectivity index (χ1n) is 6.92. The molecule has 0 spiro atoms. The summed E-state index contributed by atoms with van der Waals surface area (Å²) >= 11 is 0. The van der Waals surface area contributed by atoms with E-state index < -0.39 is 0 Å². The van der Waals surface area contributed by atoms with E-state index >= 15 is 0 Å². The number of carbonyl (C=O) groups is 1. The lowest BCUT2D eigenvalue weighted by Crippen LogP contribution is -2.48. The lowest BCUT2D eigenvalue weighted by atomic mass is 10.2. The highest BCUT2D eigenvalue weighted by atomic mass is 16.3. The van der Waals surface area contributed by atoms with Crippen LogP contribution in [0.3, 0.4) is 0 Å². The van der Waals surface area contributed by atoms with Crippen molar-refractivity contribution in [1.29, 1.82) is 0 Å². The third kappa shape index (κ3) is 2.91. The first-order valence-corrected chi connectivity index (χ1v) is 6.92. The van der Waals surface area contributed by atoms with Crippen LogP contribution in [0.2, 0.25) is 0 Å². The molecule has 2 aromatic rings. The highest BCUT2D eigenvalue weighted by Crippen LogP contribution is 2.11. The van der Waals surface area contributed by atoms with Gasteiger partial charge in [-0.3, -0.25) is 9.69 Å². The minimum atomic E-state index is 0.128. The third-order valence-corrected chi connectivity index (χ3v) is 3.64. The molecule has 1 aromatic carbocycles. The second-order valence-corrected chi connectivity index (χ2v) is 5.01. The molecular weight excluding hydrogens is 252 g/mol. The van der Waals surface area contributed by atoms with E-state index in [1.807, 2.05) is 47.4 Å². The lowest BCUT2D eigenvalue weighted by molar-refractivity contribution is 0.0620. The molecule has 4 nitrogen and oxygen atoms in total. The zero-order valence-corrected chi connectivity index (χ0v) is 11.4. The molecule has 1 aliphatic rings. The topological polar surface area (TPSA) is 36.7 Å². The molecule has 1 aromatic heterocycles. The Labute approximate surface area is 118 Å². The first-order chi connectivity index (χ1) is 9.83. The molecule has 1 fully saturated rings. The summed E-state index contributed by atoms with van der Waals surface area (Å²) < 4.78 is 5.36. The number of hydrogen-bond acceptors (Lipinski definition) is 3. The van der Waals surface area contributed by atoms with Crippen LogP contribution in [0.5, 0.6) is 0 Å². The normalized spacial score (nSPS) is 16.3. The van der Waals surface area contributed by atoms with Crippen LogP contribution in [0.25, 0.3) is 0 Å². The van der Waals surface area contributed by atoms with Crippen LogP contribution in [-0.2, 0) is 6.54 Å². The zero-order chi connectivity index (χ0) is 13.8. The number of piperazine rings is 1. The van der Waals surface area contributed by atoms with Crippen molar-refractivity contribution in [2.45, 2.75) is 6.54 Å². The molecule has 0 atom stereocenters. The molecule has 1 amide bonds. The molecule has 1 aliphatic heterocycles. The monoisotopic (exact) mass is 270 g/mol. The Morgan fingerprint density at radius 2 is 1.75 bits per heavy atom. The third-order valence-electron chi connectivity index (χ3n) is 3.64. The summed E-state index contributed by atoms with van der Waals surface area (Å²) in [6.45, 7) is 4.14. The Morgan fingerprint density at radius 3 is 2.40 bits per heavy atom. The van der Waals surface area contributed by atoms with Crippen LogP contribution < -0.4 is 0 Å². The average molecular weight is 270 g/mol. The van der Waals surface area contributed by atoms with Crippen molar-refractivity contribution in [1.82, 2.24) is 9.80 Å². The predicted molar refractivity (Wildman–Crippen MR) is 76.3 cm³/mol. The average Bonchev–Trinajstić information content (AvgIpc) is 3.01. The van der Waals surface area contributed by atoms with Crippen molar-refractivity contribution < 1.29 is 9.21 Å². The maximum atomic E-state index is 12.3. The lowest BCUT2D eigenvalue weighted by Gasteiger charge is -2.34. The SMILES string of the molecule is O=C(c1ccccc1)N1CCN(Cc2ccco2)CC1. The van der Waals surface area contributed by atoms with Crippen LogP contribution in [0.1, 0.15) is 16.1 Å². The Hall–Kier alpha value is -2.07. The molecule has 1 saturated heterocycles. The van der Waals surface area contributed by atoms with Gasteiger partial charge in [-0.05, 0) is 24.3 Å². The van der Waals surface area contributed by atoms with Crippen LogP contribution in [0.15, 0.2) is 53.1 Å². The van der Waals surface area contributed by atoms with E-state index in [1.165, 1.54) is 0 Å². The number of rotatable bonds is 3. The molecule has 20 heavy (non-hydrogen) atoms. The first kappa shape index (κ1) is 12.9. The van der Waals surface area contributed by atoms with Gasteiger partial charge in [0.15, 0.2) is 0 Å². The molecule has 0 N–H and O–H groups in total. The number of carbonyl (C=O) groups excluding carboxylic acids is 1. The summed E-state index contributed by atoms with van der Waals surface area (Å²) in [4.78, 5) is 16.5. The summed E-state index contributed by atoms with van der Waals surface area (Å²) in [7, 11) is 0. The standard InChI is InChI=1S/C16H18N2O2/c19-16(14-5-2-1-3-6-14)18-10-8-17(9-11-18)13-15-7-4-12-20-15/h1-7,12H,8-11,13H2. The predicted octanol–water partition coefficient (Wildman–Crippen LogP) is 2.24. The van der Waals surface area contributed by atoms with Crippen LogP contribution in [-0.4, -0.2) is 41.9 Å². The fourth-order valence-corrected chi connectivity index (χ4v) is 2.50. The van der Waals surface area contributed by atoms with Gasteiger partial charge < -0.3 is 9.32 Å². The van der Waals surface area contributed by atoms with Crippen LogP contribution in [0.4, 0.5) is 0 Å². The van der Waals surface area contributed by atoms with E-state index in [0.29, 0.717) is 0 Å². The van der Waals surface area contributed by atoms with Gasteiger partial charge >= 0.3 is 0 Å². The highest BCUT2D eigenvalue weighted by molar-refractivity contribution is 5.94. The fourth-order valence-electron chi connectivity index (χ4n) is 2.50. The molecule has 0 radical (unpaired) electrons. The molecule has 3 rings (SSSR count). The van der Waals surface area contributed by atoms with Crippen LogP contribution in [0, 0.1) is 0 Å². The molecular formula is C16H18N2O2. The number of benzene rings is 1. The van der Waals surface area contributed by atoms with Gasteiger partial charge in [-0.1, -0.05) is 18.2 Å². The van der Waals surface area contributed by atoms with Crippen molar-refractivity contribution in [2.75, 3.05) is 26.2 Å². The van der Waals surface area contributed by atoms with Crippen molar-refractivity contribution in [2.24, 2.45) is 0 Å². The van der Waals surface area contributed by atoms with Crippen molar-refractivity contribution in [3.63, 3.8) is 0 Å². The summed E-state index contributed by atoms with van der Waals surface area (Å²) in [6, 6.07) is 13.4. The Balaban J connectivity index is 1.55. The Bertz CT molecular complexity index is 543. The van der Waals surface area contributed by atoms with Crippen molar-refractivity contribution >= 4 is 5.91 Å². The van der Waals surface area contributed by atoms with E-state index in [4.69, 9.17) is 4.42 Å². The fraction of sp³-hybridized carbons (Fsp3) is 0.312. The number of furan rings is 1. The molecule has 0 unspecified atom stereocenters. The minimum absolute atomic E-state index is 0.128. The quantitative estimate of drug-likeness (QED) is 0.858. The van der Waals surface area contributed by atoms with E-state index in [2.05, 4.69) is 4.90 Å². The molecule has 0 aliphatic carbocycles. The second-order valence-electron chi connectivity index (χ2n) is 5.01. The van der Waals surface area contributed by atoms with Gasteiger partial charge in [-0.25, -0.2) is 0 Å². The zero-order valence-electron chi connectivity index (χ0n) is 11.4. The highest BCUT2D eigenvalue weighted by Gasteiger charge is 2.22. The van der Waals surface area contributed by atoms with E-state index in [9.17, 15) is 4.79 Å². The number of amides is 1. The van der Waals surface area contributed by atoms with E-state index in [-0.39, 0.29) is 5.91 Å².